The molecule has 0 saturated heterocycles. The lowest BCUT2D eigenvalue weighted by molar-refractivity contribution is 0.102. The van der Waals surface area contributed by atoms with Crippen LogP contribution in [0.4, 0.5) is 5.69 Å². The largest absolute Gasteiger partial charge is 0.497 e. The molecule has 0 saturated carbocycles. The molecule has 0 aliphatic heterocycles. The molecular weight excluding hydrogens is 308 g/mol. The zero-order valence-corrected chi connectivity index (χ0v) is 13.3. The molecule has 0 bridgehead atoms. The summed E-state index contributed by atoms with van der Waals surface area (Å²) < 4.78 is 15.7. The Morgan fingerprint density at radius 1 is 1.08 bits per heavy atom. The molecule has 3 aromatic rings. The molecule has 0 atom stereocenters. The van der Waals surface area contributed by atoms with Crippen molar-refractivity contribution < 1.29 is 18.8 Å². The van der Waals surface area contributed by atoms with Gasteiger partial charge in [0, 0.05) is 11.6 Å². The number of carbonyl (C=O) groups is 1. The van der Waals surface area contributed by atoms with Crippen molar-refractivity contribution in [3.05, 3.63) is 60.3 Å². The van der Waals surface area contributed by atoms with Crippen molar-refractivity contribution in [1.29, 1.82) is 0 Å². The quantitative estimate of drug-likeness (QED) is 0.776. The fraction of sp³-hybridized carbons (Fsp3) is 0.111. The monoisotopic (exact) mass is 324 g/mol. The molecule has 1 aromatic heterocycles. The van der Waals surface area contributed by atoms with E-state index in [4.69, 9.17) is 14.0 Å². The van der Waals surface area contributed by atoms with Gasteiger partial charge in [-0.1, -0.05) is 35.5 Å². The van der Waals surface area contributed by atoms with Crippen molar-refractivity contribution in [2.45, 2.75) is 0 Å². The Balaban J connectivity index is 1.88. The van der Waals surface area contributed by atoms with Crippen molar-refractivity contribution in [2.75, 3.05) is 19.5 Å². The Morgan fingerprint density at radius 3 is 2.58 bits per heavy atom. The first-order valence-corrected chi connectivity index (χ1v) is 7.26. The molecule has 122 valence electrons. The first kappa shape index (κ1) is 15.6. The smallest absolute Gasteiger partial charge is 0.261 e. The van der Waals surface area contributed by atoms with Crippen LogP contribution in [-0.4, -0.2) is 25.3 Å². The predicted molar refractivity (Wildman–Crippen MR) is 89.4 cm³/mol. The molecule has 0 aliphatic carbocycles. The molecule has 24 heavy (non-hydrogen) atoms. The summed E-state index contributed by atoms with van der Waals surface area (Å²) in [5, 5.41) is 6.55. The van der Waals surface area contributed by atoms with E-state index in [1.807, 2.05) is 30.3 Å². The maximum absolute atomic E-state index is 12.6. The van der Waals surface area contributed by atoms with Crippen LogP contribution in [0.3, 0.4) is 0 Å². The van der Waals surface area contributed by atoms with Crippen LogP contribution in [0.2, 0.25) is 0 Å². The fourth-order valence-corrected chi connectivity index (χ4v) is 2.29. The third-order valence-electron chi connectivity index (χ3n) is 3.51. The van der Waals surface area contributed by atoms with Gasteiger partial charge in [0.25, 0.3) is 5.91 Å². The Bertz CT molecular complexity index is 843. The molecule has 3 rings (SSSR count). The van der Waals surface area contributed by atoms with Crippen LogP contribution in [0.25, 0.3) is 11.3 Å². The minimum Gasteiger partial charge on any atom is -0.497 e. The number of amides is 1. The van der Waals surface area contributed by atoms with Crippen molar-refractivity contribution >= 4 is 11.6 Å². The van der Waals surface area contributed by atoms with E-state index in [0.29, 0.717) is 28.5 Å². The van der Waals surface area contributed by atoms with Crippen LogP contribution in [0, 0.1) is 0 Å². The summed E-state index contributed by atoms with van der Waals surface area (Å²) >= 11 is 0. The molecule has 1 amide bonds. The highest BCUT2D eigenvalue weighted by Gasteiger charge is 2.19. The average molecular weight is 324 g/mol. The summed E-state index contributed by atoms with van der Waals surface area (Å²) in [4.78, 5) is 12.6. The van der Waals surface area contributed by atoms with Gasteiger partial charge in [-0.15, -0.1) is 0 Å². The van der Waals surface area contributed by atoms with E-state index in [1.54, 1.807) is 25.3 Å². The number of rotatable bonds is 5. The van der Waals surface area contributed by atoms with Crippen LogP contribution < -0.4 is 14.8 Å². The lowest BCUT2D eigenvalue weighted by atomic mass is 10.1. The van der Waals surface area contributed by atoms with E-state index in [1.165, 1.54) is 13.3 Å². The van der Waals surface area contributed by atoms with Crippen molar-refractivity contribution in [2.24, 2.45) is 0 Å². The van der Waals surface area contributed by atoms with Crippen LogP contribution in [-0.2, 0) is 0 Å². The van der Waals surface area contributed by atoms with E-state index >= 15 is 0 Å². The first-order chi connectivity index (χ1) is 11.7. The molecule has 1 heterocycles. The van der Waals surface area contributed by atoms with Crippen LogP contribution in [0.5, 0.6) is 11.5 Å². The number of hydrogen-bond donors (Lipinski definition) is 1. The van der Waals surface area contributed by atoms with E-state index in [0.717, 1.165) is 5.56 Å². The Hall–Kier alpha value is -3.28. The molecule has 6 heteroatoms. The van der Waals surface area contributed by atoms with Gasteiger partial charge in [-0.25, -0.2) is 0 Å². The third kappa shape index (κ3) is 3.08. The number of hydrogen-bond acceptors (Lipinski definition) is 5. The van der Waals surface area contributed by atoms with Crippen LogP contribution in [0.15, 0.2) is 59.3 Å². The number of aromatic nitrogens is 1. The number of nitrogens with one attached hydrogen (secondary N) is 1. The number of anilines is 1. The molecule has 0 fully saturated rings. The highest BCUT2D eigenvalue weighted by molar-refractivity contribution is 6.08. The average Bonchev–Trinajstić information content (AvgIpc) is 3.12. The second-order valence-corrected chi connectivity index (χ2v) is 4.95. The van der Waals surface area contributed by atoms with Crippen molar-refractivity contribution in [3.8, 4) is 22.8 Å². The Labute approximate surface area is 139 Å². The summed E-state index contributed by atoms with van der Waals surface area (Å²) in [6.07, 6.45) is 1.40. The van der Waals surface area contributed by atoms with Gasteiger partial charge in [0.15, 0.2) is 5.76 Å². The second-order valence-electron chi connectivity index (χ2n) is 4.95. The summed E-state index contributed by atoms with van der Waals surface area (Å²) in [6.45, 7) is 0. The molecule has 0 aliphatic rings. The lowest BCUT2D eigenvalue weighted by Gasteiger charge is -2.11. The molecule has 0 radical (unpaired) electrons. The maximum Gasteiger partial charge on any atom is 0.261 e. The van der Waals surface area contributed by atoms with E-state index in [9.17, 15) is 4.79 Å². The Morgan fingerprint density at radius 2 is 1.88 bits per heavy atom. The van der Waals surface area contributed by atoms with Crippen molar-refractivity contribution in [3.63, 3.8) is 0 Å². The van der Waals surface area contributed by atoms with Crippen LogP contribution in [0.1, 0.15) is 10.4 Å². The third-order valence-corrected chi connectivity index (χ3v) is 3.51. The summed E-state index contributed by atoms with van der Waals surface area (Å²) in [6, 6.07) is 14.5. The van der Waals surface area contributed by atoms with Gasteiger partial charge in [0.2, 0.25) is 0 Å². The zero-order valence-electron chi connectivity index (χ0n) is 13.3. The number of carbonyl (C=O) groups excluding carboxylic acids is 1. The number of benzene rings is 2. The highest BCUT2D eigenvalue weighted by atomic mass is 16.5. The normalized spacial score (nSPS) is 10.2. The predicted octanol–water partition coefficient (Wildman–Crippen LogP) is 3.61. The lowest BCUT2D eigenvalue weighted by Crippen LogP contribution is -2.12. The van der Waals surface area contributed by atoms with Gasteiger partial charge in [-0.3, -0.25) is 4.79 Å². The van der Waals surface area contributed by atoms with E-state index < -0.39 is 0 Å². The topological polar surface area (TPSA) is 73.6 Å². The van der Waals surface area contributed by atoms with E-state index in [-0.39, 0.29) is 5.91 Å². The standard InChI is InChI=1S/C18H16N2O4/c1-22-13-8-9-15(16(10-13)23-2)20-18(21)14-11-19-24-17(14)12-6-4-3-5-7-12/h3-11H,1-2H3,(H,20,21). The zero-order chi connectivity index (χ0) is 16.9. The molecular formula is C18H16N2O4. The highest BCUT2D eigenvalue weighted by Crippen LogP contribution is 2.30. The van der Waals surface area contributed by atoms with Gasteiger partial charge in [-0.05, 0) is 12.1 Å². The maximum atomic E-state index is 12.6. The molecule has 0 unspecified atom stereocenters. The van der Waals surface area contributed by atoms with Crippen molar-refractivity contribution in [1.82, 2.24) is 5.16 Å². The van der Waals surface area contributed by atoms with Crippen LogP contribution >= 0.6 is 0 Å². The van der Waals surface area contributed by atoms with Gasteiger partial charge in [0.1, 0.15) is 17.1 Å². The molecule has 6 nitrogen and oxygen atoms in total. The number of nitrogens with zero attached hydrogens (tertiary/aromatic N) is 1. The molecule has 1 N–H and O–H groups in total. The van der Waals surface area contributed by atoms with Gasteiger partial charge in [0.05, 0.1) is 26.1 Å². The molecule has 0 spiro atoms. The summed E-state index contributed by atoms with van der Waals surface area (Å²) in [5.74, 6) is 1.22. The first-order valence-electron chi connectivity index (χ1n) is 7.26. The minimum atomic E-state index is -0.335. The van der Waals surface area contributed by atoms with Gasteiger partial charge < -0.3 is 19.3 Å². The molecule has 2 aromatic carbocycles. The number of methoxy groups -OCH3 is 2. The second kappa shape index (κ2) is 6.87. The number of ether oxygens (including phenoxy) is 2. The minimum absolute atomic E-state index is 0.335. The summed E-state index contributed by atoms with van der Waals surface area (Å²) in [5.41, 5.74) is 1.66. The SMILES string of the molecule is COc1ccc(NC(=O)c2cnoc2-c2ccccc2)c(OC)c1. The van der Waals surface area contributed by atoms with E-state index in [2.05, 4.69) is 10.5 Å². The van der Waals surface area contributed by atoms with Gasteiger partial charge in [-0.2, -0.15) is 0 Å². The van der Waals surface area contributed by atoms with Gasteiger partial charge >= 0.3 is 0 Å². The Kier molecular flexibility index (Phi) is 4.47. The fourth-order valence-electron chi connectivity index (χ4n) is 2.29. The summed E-state index contributed by atoms with van der Waals surface area (Å²) in [7, 11) is 3.09.